The van der Waals surface area contributed by atoms with E-state index in [4.69, 9.17) is 0 Å². The van der Waals surface area contributed by atoms with Gasteiger partial charge in [-0.2, -0.15) is 13.2 Å². The van der Waals surface area contributed by atoms with Crippen LogP contribution in [0.4, 0.5) is 13.2 Å². The number of hydrogen-bond acceptors (Lipinski definition) is 0. The van der Waals surface area contributed by atoms with Gasteiger partial charge in [0.15, 0.2) is 0 Å². The van der Waals surface area contributed by atoms with Gasteiger partial charge < -0.3 is 0 Å². The minimum absolute atomic E-state index is 0.562. The van der Waals surface area contributed by atoms with Crippen LogP contribution in [0.5, 0.6) is 0 Å². The van der Waals surface area contributed by atoms with Gasteiger partial charge in [-0.1, -0.05) is 18.2 Å². The Morgan fingerprint density at radius 3 is 2.67 bits per heavy atom. The highest BCUT2D eigenvalue weighted by molar-refractivity contribution is 5.56. The van der Waals surface area contributed by atoms with E-state index in [1.807, 2.05) is 6.08 Å². The van der Waals surface area contributed by atoms with Crippen molar-refractivity contribution in [2.24, 2.45) is 0 Å². The third-order valence-electron chi connectivity index (χ3n) is 2.59. The van der Waals surface area contributed by atoms with Crippen LogP contribution in [0.25, 0.3) is 6.08 Å². The number of alkyl halides is 3. The lowest BCUT2D eigenvalue weighted by molar-refractivity contribution is -0.137. The summed E-state index contributed by atoms with van der Waals surface area (Å²) in [4.78, 5) is 0. The fourth-order valence-electron chi connectivity index (χ4n) is 1.77. The summed E-state index contributed by atoms with van der Waals surface area (Å²) < 4.78 is 37.3. The van der Waals surface area contributed by atoms with Gasteiger partial charge in [0.1, 0.15) is 0 Å². The minimum atomic E-state index is -4.24. The van der Waals surface area contributed by atoms with Crippen LogP contribution in [0.15, 0.2) is 24.3 Å². The lowest BCUT2D eigenvalue weighted by atomic mass is 10.0. The van der Waals surface area contributed by atoms with E-state index in [0.29, 0.717) is 5.56 Å². The van der Waals surface area contributed by atoms with Crippen molar-refractivity contribution in [2.45, 2.75) is 25.4 Å². The average molecular weight is 212 g/mol. The van der Waals surface area contributed by atoms with Crippen molar-refractivity contribution in [3.05, 3.63) is 41.0 Å². The molecule has 0 unspecified atom stereocenters. The summed E-state index contributed by atoms with van der Waals surface area (Å²) in [5.74, 6) is 0. The number of hydrogen-bond donors (Lipinski definition) is 0. The van der Waals surface area contributed by atoms with Crippen LogP contribution in [0.3, 0.4) is 0 Å². The molecular weight excluding hydrogens is 201 g/mol. The Hall–Kier alpha value is -1.25. The van der Waals surface area contributed by atoms with Gasteiger partial charge in [0, 0.05) is 0 Å². The van der Waals surface area contributed by atoms with Crippen LogP contribution in [-0.4, -0.2) is 0 Å². The molecule has 1 aliphatic rings. The average Bonchev–Trinajstić information content (AvgIpc) is 2.39. The van der Waals surface area contributed by atoms with Crippen molar-refractivity contribution in [2.75, 3.05) is 0 Å². The van der Waals surface area contributed by atoms with Gasteiger partial charge in [-0.3, -0.25) is 0 Å². The molecule has 80 valence electrons. The molecule has 1 aromatic rings. The molecule has 0 radical (unpaired) electrons. The number of allylic oxidation sites excluding steroid dienone is 1. The quantitative estimate of drug-likeness (QED) is 0.608. The van der Waals surface area contributed by atoms with Crippen LogP contribution in [0, 0.1) is 0 Å². The molecule has 1 aliphatic carbocycles. The van der Waals surface area contributed by atoms with E-state index in [-0.39, 0.29) is 0 Å². The molecule has 0 amide bonds. The molecule has 0 spiro atoms. The molecule has 1 aromatic carbocycles. The summed E-state index contributed by atoms with van der Waals surface area (Å²) in [5.41, 5.74) is 1.16. The van der Waals surface area contributed by atoms with E-state index < -0.39 is 11.7 Å². The number of halogens is 3. The van der Waals surface area contributed by atoms with Crippen molar-refractivity contribution in [3.8, 4) is 0 Å². The maximum Gasteiger partial charge on any atom is 0.416 e. The Kier molecular flexibility index (Phi) is 2.55. The highest BCUT2D eigenvalue weighted by atomic mass is 19.4. The highest BCUT2D eigenvalue weighted by Crippen LogP contribution is 2.31. The molecule has 0 aliphatic heterocycles. The lowest BCUT2D eigenvalue weighted by Gasteiger charge is -2.10. The number of fused-ring (bicyclic) bond motifs is 1. The fraction of sp³-hybridized carbons (Fsp3) is 0.333. The Morgan fingerprint density at radius 1 is 1.13 bits per heavy atom. The molecule has 3 heteroatoms. The van der Waals surface area contributed by atoms with Gasteiger partial charge in [-0.15, -0.1) is 0 Å². The largest absolute Gasteiger partial charge is 0.416 e. The van der Waals surface area contributed by atoms with E-state index in [1.54, 1.807) is 12.1 Å². The highest BCUT2D eigenvalue weighted by Gasteiger charge is 2.30. The van der Waals surface area contributed by atoms with Crippen LogP contribution in [0.1, 0.15) is 29.5 Å². The second kappa shape index (κ2) is 3.72. The topological polar surface area (TPSA) is 0 Å². The minimum Gasteiger partial charge on any atom is -0.166 e. The van der Waals surface area contributed by atoms with E-state index in [0.717, 1.165) is 30.9 Å². The first kappa shape index (κ1) is 10.3. The molecule has 15 heavy (non-hydrogen) atoms. The Balaban J connectivity index is 2.44. The predicted molar refractivity (Wildman–Crippen MR) is 53.4 cm³/mol. The molecular formula is C12H11F3. The van der Waals surface area contributed by atoms with Crippen molar-refractivity contribution in [3.63, 3.8) is 0 Å². The summed E-state index contributed by atoms with van der Waals surface area (Å²) in [6.07, 6.45) is 2.30. The van der Waals surface area contributed by atoms with Crippen molar-refractivity contribution in [1.29, 1.82) is 0 Å². The molecule has 0 nitrogen and oxygen atoms in total. The van der Waals surface area contributed by atoms with E-state index >= 15 is 0 Å². The summed E-state index contributed by atoms with van der Waals surface area (Å²) in [7, 11) is 0. The van der Waals surface area contributed by atoms with Gasteiger partial charge in [-0.25, -0.2) is 0 Å². The normalized spacial score (nSPS) is 15.9. The molecule has 0 atom stereocenters. The number of benzene rings is 1. The van der Waals surface area contributed by atoms with Gasteiger partial charge in [0.2, 0.25) is 0 Å². The van der Waals surface area contributed by atoms with E-state index in [1.165, 1.54) is 6.07 Å². The standard InChI is InChI=1S/C12H11F3/c13-12(14,15)11-7-6-9-4-2-1-3-5-10(9)8-11/h3,5-8H,1-2,4H2. The molecule has 0 N–H and O–H groups in total. The first-order valence-electron chi connectivity index (χ1n) is 4.94. The lowest BCUT2D eigenvalue weighted by Crippen LogP contribution is -2.05. The van der Waals surface area contributed by atoms with Crippen LogP contribution in [-0.2, 0) is 12.6 Å². The number of aryl methyl sites for hydroxylation is 1. The Morgan fingerprint density at radius 2 is 1.93 bits per heavy atom. The molecule has 0 saturated heterocycles. The van der Waals surface area contributed by atoms with E-state index in [2.05, 4.69) is 0 Å². The monoisotopic (exact) mass is 212 g/mol. The third-order valence-corrected chi connectivity index (χ3v) is 2.59. The maximum absolute atomic E-state index is 12.4. The van der Waals surface area contributed by atoms with Gasteiger partial charge in [-0.05, 0) is 42.5 Å². The SMILES string of the molecule is FC(F)(F)c1ccc2c(c1)C=CCCC2. The Labute approximate surface area is 86.4 Å². The van der Waals surface area contributed by atoms with Gasteiger partial charge in [0.05, 0.1) is 5.56 Å². The van der Waals surface area contributed by atoms with Crippen molar-refractivity contribution >= 4 is 6.08 Å². The maximum atomic E-state index is 12.4. The summed E-state index contributed by atoms with van der Waals surface area (Å²) in [5, 5.41) is 0. The third kappa shape index (κ3) is 2.22. The summed E-state index contributed by atoms with van der Waals surface area (Å²) in [6.45, 7) is 0. The second-order valence-corrected chi connectivity index (χ2v) is 3.71. The fourth-order valence-corrected chi connectivity index (χ4v) is 1.77. The smallest absolute Gasteiger partial charge is 0.166 e. The zero-order valence-corrected chi connectivity index (χ0v) is 8.14. The molecule has 0 bridgehead atoms. The Bertz CT molecular complexity index is 388. The molecule has 0 saturated carbocycles. The summed E-state index contributed by atoms with van der Waals surface area (Å²) in [6, 6.07) is 3.99. The second-order valence-electron chi connectivity index (χ2n) is 3.71. The first-order chi connectivity index (χ1) is 7.07. The zero-order valence-electron chi connectivity index (χ0n) is 8.14. The van der Waals surface area contributed by atoms with Crippen molar-refractivity contribution in [1.82, 2.24) is 0 Å². The number of rotatable bonds is 0. The van der Waals surface area contributed by atoms with Gasteiger partial charge in [0.25, 0.3) is 0 Å². The van der Waals surface area contributed by atoms with Crippen LogP contribution >= 0.6 is 0 Å². The van der Waals surface area contributed by atoms with E-state index in [9.17, 15) is 13.2 Å². The van der Waals surface area contributed by atoms with Crippen LogP contribution < -0.4 is 0 Å². The molecule has 0 aromatic heterocycles. The van der Waals surface area contributed by atoms with Gasteiger partial charge >= 0.3 is 6.18 Å². The zero-order chi connectivity index (χ0) is 10.9. The van der Waals surface area contributed by atoms with Crippen molar-refractivity contribution < 1.29 is 13.2 Å². The first-order valence-corrected chi connectivity index (χ1v) is 4.94. The van der Waals surface area contributed by atoms with Crippen LogP contribution in [0.2, 0.25) is 0 Å². The molecule has 2 rings (SSSR count). The summed E-state index contributed by atoms with van der Waals surface area (Å²) >= 11 is 0. The predicted octanol–water partition coefficient (Wildman–Crippen LogP) is 4.05. The molecule has 0 heterocycles. The molecule has 0 fully saturated rings.